The van der Waals surface area contributed by atoms with E-state index in [4.69, 9.17) is 4.74 Å². The molecule has 2 rings (SSSR count). The molecule has 1 saturated carbocycles. The van der Waals surface area contributed by atoms with E-state index in [0.717, 1.165) is 12.8 Å². The highest BCUT2D eigenvalue weighted by atomic mass is 16.5. The summed E-state index contributed by atoms with van der Waals surface area (Å²) in [6.45, 7) is -0.223. The molecule has 0 radical (unpaired) electrons. The van der Waals surface area contributed by atoms with Crippen molar-refractivity contribution in [2.45, 2.75) is 32.0 Å². The number of carbonyl (C=O) groups excluding carboxylic acids is 1. The molecular weight excluding hydrogens is 236 g/mol. The van der Waals surface area contributed by atoms with Crippen molar-refractivity contribution in [1.29, 1.82) is 0 Å². The third-order valence-electron chi connectivity index (χ3n) is 2.82. The van der Waals surface area contributed by atoms with Gasteiger partial charge in [-0.3, -0.25) is 9.59 Å². The van der Waals surface area contributed by atoms with Crippen molar-refractivity contribution < 1.29 is 14.6 Å². The molecule has 0 saturated heterocycles. The zero-order valence-corrected chi connectivity index (χ0v) is 10.2. The van der Waals surface area contributed by atoms with Crippen LogP contribution in [0, 0.1) is 0 Å². The first-order chi connectivity index (χ1) is 8.63. The number of rotatable bonds is 5. The van der Waals surface area contributed by atoms with Crippen LogP contribution >= 0.6 is 0 Å². The van der Waals surface area contributed by atoms with Crippen LogP contribution in [0.4, 0.5) is 0 Å². The zero-order chi connectivity index (χ0) is 13.1. The maximum absolute atomic E-state index is 11.7. The first kappa shape index (κ1) is 12.6. The molecule has 18 heavy (non-hydrogen) atoms. The number of pyridine rings is 1. The Labute approximate surface area is 104 Å². The lowest BCUT2D eigenvalue weighted by Crippen LogP contribution is -2.30. The summed E-state index contributed by atoms with van der Waals surface area (Å²) in [6, 6.07) is 1.57. The monoisotopic (exact) mass is 252 g/mol. The highest BCUT2D eigenvalue weighted by Crippen LogP contribution is 2.18. The molecule has 2 N–H and O–H groups in total. The molecule has 0 aliphatic heterocycles. The molecule has 0 spiro atoms. The summed E-state index contributed by atoms with van der Waals surface area (Å²) in [7, 11) is 1.39. The molecule has 0 bridgehead atoms. The zero-order valence-electron chi connectivity index (χ0n) is 10.2. The predicted molar refractivity (Wildman–Crippen MR) is 64.3 cm³/mol. The number of carbonyl (C=O) groups is 1. The van der Waals surface area contributed by atoms with Crippen LogP contribution in [-0.4, -0.2) is 28.7 Å². The van der Waals surface area contributed by atoms with Crippen LogP contribution in [-0.2, 0) is 17.9 Å². The second-order valence-electron chi connectivity index (χ2n) is 4.33. The van der Waals surface area contributed by atoms with Gasteiger partial charge in [0.25, 0.3) is 0 Å². The van der Waals surface area contributed by atoms with Gasteiger partial charge < -0.3 is 19.7 Å². The fourth-order valence-corrected chi connectivity index (χ4v) is 1.69. The average molecular weight is 252 g/mol. The molecule has 6 nitrogen and oxygen atoms in total. The third kappa shape index (κ3) is 2.89. The summed E-state index contributed by atoms with van der Waals surface area (Å²) in [6.07, 6.45) is 3.48. The minimum absolute atomic E-state index is 0.0725. The molecule has 0 aromatic carbocycles. The van der Waals surface area contributed by atoms with Gasteiger partial charge >= 0.3 is 0 Å². The minimum Gasteiger partial charge on any atom is -0.491 e. The van der Waals surface area contributed by atoms with Crippen LogP contribution in [0.15, 0.2) is 17.1 Å². The Bertz CT molecular complexity index is 505. The molecule has 1 aliphatic rings. The summed E-state index contributed by atoms with van der Waals surface area (Å²) in [5, 5.41) is 12.0. The second-order valence-corrected chi connectivity index (χ2v) is 4.33. The van der Waals surface area contributed by atoms with Crippen LogP contribution < -0.4 is 15.5 Å². The lowest BCUT2D eigenvalue weighted by molar-refractivity contribution is -0.121. The van der Waals surface area contributed by atoms with Crippen LogP contribution in [0.2, 0.25) is 0 Å². The van der Waals surface area contributed by atoms with Crippen molar-refractivity contribution in [2.24, 2.45) is 0 Å². The summed E-state index contributed by atoms with van der Waals surface area (Å²) >= 11 is 0. The molecule has 98 valence electrons. The number of aliphatic hydroxyl groups is 1. The number of ether oxygens (including phenoxy) is 1. The maximum atomic E-state index is 11.7. The SMILES string of the molecule is COc1cn(CC(=O)NC2CC2)c(CO)cc1=O. The Kier molecular flexibility index (Phi) is 3.66. The Morgan fingerprint density at radius 1 is 1.61 bits per heavy atom. The Morgan fingerprint density at radius 3 is 2.89 bits per heavy atom. The number of nitrogens with one attached hydrogen (secondary N) is 1. The van der Waals surface area contributed by atoms with Crippen LogP contribution in [0.3, 0.4) is 0 Å². The Balaban J connectivity index is 2.18. The molecule has 1 aromatic heterocycles. The van der Waals surface area contributed by atoms with Gasteiger partial charge in [-0.05, 0) is 12.8 Å². The standard InChI is InChI=1S/C12H16N2O4/c1-18-11-5-14(9(7-15)4-10(11)16)6-12(17)13-8-2-3-8/h4-5,8,15H,2-3,6-7H2,1H3,(H,13,17). The number of hydrogen-bond donors (Lipinski definition) is 2. The van der Waals surface area contributed by atoms with E-state index in [9.17, 15) is 14.7 Å². The normalized spacial score (nSPS) is 14.3. The number of aliphatic hydroxyl groups excluding tert-OH is 1. The van der Waals surface area contributed by atoms with Gasteiger partial charge in [0.1, 0.15) is 6.54 Å². The third-order valence-corrected chi connectivity index (χ3v) is 2.82. The van der Waals surface area contributed by atoms with E-state index in [1.54, 1.807) is 0 Å². The number of amides is 1. The summed E-state index contributed by atoms with van der Waals surface area (Å²) in [4.78, 5) is 23.2. The maximum Gasteiger partial charge on any atom is 0.240 e. The Hall–Kier alpha value is -1.82. The lowest BCUT2D eigenvalue weighted by Gasteiger charge is -2.13. The number of hydrogen-bond acceptors (Lipinski definition) is 4. The first-order valence-corrected chi connectivity index (χ1v) is 5.81. The van der Waals surface area contributed by atoms with E-state index in [1.165, 1.54) is 23.9 Å². The Morgan fingerprint density at radius 2 is 2.33 bits per heavy atom. The highest BCUT2D eigenvalue weighted by Gasteiger charge is 2.23. The van der Waals surface area contributed by atoms with E-state index in [-0.39, 0.29) is 36.3 Å². The number of nitrogens with zero attached hydrogens (tertiary/aromatic N) is 1. The van der Waals surface area contributed by atoms with Crippen LogP contribution in [0.5, 0.6) is 5.75 Å². The van der Waals surface area contributed by atoms with Crippen molar-refractivity contribution in [3.8, 4) is 5.75 Å². The van der Waals surface area contributed by atoms with Gasteiger partial charge in [-0.1, -0.05) is 0 Å². The van der Waals surface area contributed by atoms with E-state index in [1.807, 2.05) is 0 Å². The van der Waals surface area contributed by atoms with E-state index in [0.29, 0.717) is 5.69 Å². The molecule has 0 unspecified atom stereocenters. The summed E-state index contributed by atoms with van der Waals surface area (Å²) in [5.41, 5.74) is 0.0900. The molecule has 1 aromatic rings. The van der Waals surface area contributed by atoms with E-state index >= 15 is 0 Å². The molecule has 6 heteroatoms. The highest BCUT2D eigenvalue weighted by molar-refractivity contribution is 5.76. The average Bonchev–Trinajstić information content (AvgIpc) is 3.14. The summed E-state index contributed by atoms with van der Waals surface area (Å²) < 4.78 is 6.44. The predicted octanol–water partition coefficient (Wildman–Crippen LogP) is -0.372. The van der Waals surface area contributed by atoms with Gasteiger partial charge in [-0.2, -0.15) is 0 Å². The summed E-state index contributed by atoms with van der Waals surface area (Å²) in [5.74, 6) is 0.0318. The van der Waals surface area contributed by atoms with E-state index < -0.39 is 0 Å². The van der Waals surface area contributed by atoms with Gasteiger partial charge in [0.15, 0.2) is 5.75 Å². The van der Waals surface area contributed by atoms with Crippen molar-refractivity contribution in [2.75, 3.05) is 7.11 Å². The van der Waals surface area contributed by atoms with Crippen LogP contribution in [0.1, 0.15) is 18.5 Å². The fraction of sp³-hybridized carbons (Fsp3) is 0.500. The van der Waals surface area contributed by atoms with Gasteiger partial charge in [0.05, 0.1) is 19.9 Å². The number of methoxy groups -OCH3 is 1. The van der Waals surface area contributed by atoms with Crippen LogP contribution in [0.25, 0.3) is 0 Å². The van der Waals surface area contributed by atoms with Gasteiger partial charge in [-0.15, -0.1) is 0 Å². The molecular formula is C12H16N2O4. The lowest BCUT2D eigenvalue weighted by atomic mass is 10.3. The molecule has 1 fully saturated rings. The van der Waals surface area contributed by atoms with Gasteiger partial charge in [0.2, 0.25) is 11.3 Å². The topological polar surface area (TPSA) is 80.6 Å². The minimum atomic E-state index is -0.305. The largest absolute Gasteiger partial charge is 0.491 e. The quantitative estimate of drug-likeness (QED) is 0.749. The molecule has 1 heterocycles. The van der Waals surface area contributed by atoms with Crippen molar-refractivity contribution in [3.63, 3.8) is 0 Å². The van der Waals surface area contributed by atoms with Crippen molar-refractivity contribution in [1.82, 2.24) is 9.88 Å². The van der Waals surface area contributed by atoms with Crippen molar-refractivity contribution >= 4 is 5.91 Å². The molecule has 1 amide bonds. The van der Waals surface area contributed by atoms with E-state index in [2.05, 4.69) is 5.32 Å². The van der Waals surface area contributed by atoms with Gasteiger partial charge in [0, 0.05) is 17.8 Å². The second kappa shape index (κ2) is 5.22. The smallest absolute Gasteiger partial charge is 0.240 e. The van der Waals surface area contributed by atoms with Crippen molar-refractivity contribution in [3.05, 3.63) is 28.2 Å². The molecule has 0 atom stereocenters. The number of aromatic nitrogens is 1. The molecule has 1 aliphatic carbocycles. The first-order valence-electron chi connectivity index (χ1n) is 5.81. The van der Waals surface area contributed by atoms with Gasteiger partial charge in [-0.25, -0.2) is 0 Å². The fourth-order valence-electron chi connectivity index (χ4n) is 1.69.